The predicted molar refractivity (Wildman–Crippen MR) is 64.9 cm³/mol. The van der Waals surface area contributed by atoms with E-state index in [2.05, 4.69) is 0 Å². The lowest BCUT2D eigenvalue weighted by Gasteiger charge is -2.22. The third-order valence-electron chi connectivity index (χ3n) is 4.28. The van der Waals surface area contributed by atoms with Crippen molar-refractivity contribution in [2.45, 2.75) is 18.0 Å². The Kier molecular flexibility index (Phi) is 2.49. The number of rotatable bonds is 1. The van der Waals surface area contributed by atoms with Crippen molar-refractivity contribution in [2.75, 3.05) is 18.8 Å². The van der Waals surface area contributed by atoms with Crippen LogP contribution in [-0.4, -0.2) is 35.2 Å². The Bertz CT molecular complexity index is 587. The average molecular weight is 286 g/mol. The summed E-state index contributed by atoms with van der Waals surface area (Å²) in [5, 5.41) is 9.39. The zero-order chi connectivity index (χ0) is 14.7. The van der Waals surface area contributed by atoms with E-state index < -0.39 is 17.5 Å². The summed E-state index contributed by atoms with van der Waals surface area (Å²) in [4.78, 5) is 12.1. The first kappa shape index (κ1) is 13.1. The van der Waals surface area contributed by atoms with Crippen molar-refractivity contribution in [2.24, 2.45) is 5.92 Å². The third-order valence-corrected chi connectivity index (χ3v) is 4.28. The van der Waals surface area contributed by atoms with Crippen molar-refractivity contribution < 1.29 is 23.1 Å². The molecule has 1 aromatic rings. The van der Waals surface area contributed by atoms with Gasteiger partial charge in [0.05, 0.1) is 5.69 Å². The maximum Gasteiger partial charge on any atom is 0.471 e. The van der Waals surface area contributed by atoms with Crippen LogP contribution in [0.2, 0.25) is 0 Å². The summed E-state index contributed by atoms with van der Waals surface area (Å²) in [6.45, 7) is 0.180. The second-order valence-corrected chi connectivity index (χ2v) is 5.51. The summed E-state index contributed by atoms with van der Waals surface area (Å²) in [6.07, 6.45) is -4.08. The van der Waals surface area contributed by atoms with Gasteiger partial charge >= 0.3 is 12.1 Å². The Morgan fingerprint density at radius 3 is 2.75 bits per heavy atom. The van der Waals surface area contributed by atoms with Gasteiger partial charge in [-0.3, -0.25) is 4.79 Å². The van der Waals surface area contributed by atoms with Crippen molar-refractivity contribution in [1.82, 2.24) is 4.90 Å². The number of carbonyl (C=O) groups excluding carboxylic acids is 1. The van der Waals surface area contributed by atoms with Gasteiger partial charge in [0.2, 0.25) is 0 Å². The Labute approximate surface area is 113 Å². The lowest BCUT2D eigenvalue weighted by molar-refractivity contribution is -0.184. The number of phenolic OH excluding ortho intramolecular Hbond substituents is 1. The van der Waals surface area contributed by atoms with Crippen molar-refractivity contribution in [3.8, 4) is 5.75 Å². The van der Waals surface area contributed by atoms with Crippen LogP contribution >= 0.6 is 0 Å². The van der Waals surface area contributed by atoms with E-state index in [9.17, 15) is 23.1 Å². The molecule has 2 aliphatic rings. The molecule has 1 saturated carbocycles. The fourth-order valence-corrected chi connectivity index (χ4v) is 3.13. The molecule has 7 heteroatoms. The fraction of sp³-hybridized carbons (Fsp3) is 0.462. The number of aromatic hydroxyl groups is 1. The van der Waals surface area contributed by atoms with Crippen molar-refractivity contribution >= 4 is 11.6 Å². The van der Waals surface area contributed by atoms with Gasteiger partial charge in [0, 0.05) is 18.5 Å². The zero-order valence-corrected chi connectivity index (χ0v) is 10.4. The number of hydrogen-bond donors (Lipinski definition) is 2. The fourth-order valence-electron chi connectivity index (χ4n) is 3.13. The number of piperidine rings is 1. The summed E-state index contributed by atoms with van der Waals surface area (Å²) in [6, 6.07) is 4.67. The maximum absolute atomic E-state index is 12.4. The van der Waals surface area contributed by atoms with Crippen LogP contribution in [0.1, 0.15) is 12.0 Å². The maximum atomic E-state index is 12.4. The monoisotopic (exact) mass is 286 g/mol. The van der Waals surface area contributed by atoms with E-state index in [1.165, 1.54) is 6.07 Å². The summed E-state index contributed by atoms with van der Waals surface area (Å²) >= 11 is 0. The second kappa shape index (κ2) is 3.80. The number of fused-ring (bicyclic) bond motifs is 1. The van der Waals surface area contributed by atoms with E-state index in [1.54, 1.807) is 12.1 Å². The molecule has 1 saturated heterocycles. The van der Waals surface area contributed by atoms with Gasteiger partial charge in [0.25, 0.3) is 0 Å². The molecule has 3 rings (SSSR count). The first-order valence-corrected chi connectivity index (χ1v) is 6.19. The first-order valence-electron chi connectivity index (χ1n) is 6.19. The molecular weight excluding hydrogens is 273 g/mol. The number of benzene rings is 1. The van der Waals surface area contributed by atoms with Crippen LogP contribution in [0.5, 0.6) is 5.75 Å². The topological polar surface area (TPSA) is 66.6 Å². The minimum Gasteiger partial charge on any atom is -0.506 e. The highest BCUT2D eigenvalue weighted by atomic mass is 19.4. The molecule has 0 radical (unpaired) electrons. The van der Waals surface area contributed by atoms with E-state index in [0.717, 1.165) is 16.9 Å². The van der Waals surface area contributed by atoms with Crippen LogP contribution < -0.4 is 5.73 Å². The van der Waals surface area contributed by atoms with E-state index >= 15 is 0 Å². The Morgan fingerprint density at radius 1 is 1.45 bits per heavy atom. The van der Waals surface area contributed by atoms with Gasteiger partial charge in [-0.15, -0.1) is 0 Å². The predicted octanol–water partition coefficient (Wildman–Crippen LogP) is 1.64. The normalized spacial score (nSPS) is 28.4. The number of likely N-dealkylation sites (tertiary alicyclic amines) is 1. The Balaban J connectivity index is 1.83. The number of alkyl halides is 3. The molecule has 1 heterocycles. The van der Waals surface area contributed by atoms with Gasteiger partial charge in [-0.1, -0.05) is 6.07 Å². The van der Waals surface area contributed by atoms with Gasteiger partial charge in [-0.2, -0.15) is 13.2 Å². The van der Waals surface area contributed by atoms with Gasteiger partial charge in [-0.05, 0) is 30.0 Å². The van der Waals surface area contributed by atoms with Crippen molar-refractivity contribution in [3.63, 3.8) is 0 Å². The van der Waals surface area contributed by atoms with Crippen LogP contribution in [0.3, 0.4) is 0 Å². The Morgan fingerprint density at radius 2 is 2.15 bits per heavy atom. The minimum atomic E-state index is -4.83. The van der Waals surface area contributed by atoms with Crippen molar-refractivity contribution in [3.05, 3.63) is 23.8 Å². The number of nitrogens with two attached hydrogens (primary N) is 1. The van der Waals surface area contributed by atoms with E-state index in [1.807, 2.05) is 0 Å². The first-order chi connectivity index (χ1) is 9.24. The number of anilines is 1. The number of nitrogens with zero attached hydrogens (tertiary/aromatic N) is 1. The molecule has 1 amide bonds. The smallest absolute Gasteiger partial charge is 0.471 e. The second-order valence-electron chi connectivity index (χ2n) is 5.51. The number of phenols is 1. The molecule has 0 bridgehead atoms. The number of amides is 1. The highest BCUT2D eigenvalue weighted by Gasteiger charge is 2.63. The van der Waals surface area contributed by atoms with Crippen LogP contribution in [-0.2, 0) is 10.2 Å². The molecule has 1 aliphatic carbocycles. The van der Waals surface area contributed by atoms with Crippen molar-refractivity contribution in [1.29, 1.82) is 0 Å². The number of carbonyl (C=O) groups is 1. The van der Waals surface area contributed by atoms with Crippen LogP contribution in [0, 0.1) is 5.92 Å². The lowest BCUT2D eigenvalue weighted by Crippen LogP contribution is -2.41. The molecule has 0 unspecified atom stereocenters. The quantitative estimate of drug-likeness (QED) is 0.609. The van der Waals surface area contributed by atoms with E-state index in [-0.39, 0.29) is 30.4 Å². The zero-order valence-electron chi connectivity index (χ0n) is 10.4. The van der Waals surface area contributed by atoms with Crippen LogP contribution in [0.25, 0.3) is 0 Å². The molecule has 20 heavy (non-hydrogen) atoms. The molecular formula is C13H13F3N2O2. The lowest BCUT2D eigenvalue weighted by atomic mass is 9.94. The van der Waals surface area contributed by atoms with Crippen LogP contribution in [0.4, 0.5) is 18.9 Å². The van der Waals surface area contributed by atoms with Gasteiger partial charge in [-0.25, -0.2) is 0 Å². The number of hydrogen-bond acceptors (Lipinski definition) is 3. The van der Waals surface area contributed by atoms with E-state index in [4.69, 9.17) is 5.73 Å². The summed E-state index contributed by atoms with van der Waals surface area (Å²) in [5.74, 6) is -1.79. The summed E-state index contributed by atoms with van der Waals surface area (Å²) in [7, 11) is 0. The molecule has 2 atom stereocenters. The molecule has 4 nitrogen and oxygen atoms in total. The van der Waals surface area contributed by atoms with Crippen LogP contribution in [0.15, 0.2) is 18.2 Å². The number of nitrogen functional groups attached to an aromatic ring is 1. The SMILES string of the molecule is Nc1cc([C@]23C[C@H]2CN(C(=O)C(F)(F)F)C3)ccc1O. The largest absolute Gasteiger partial charge is 0.506 e. The minimum absolute atomic E-state index is 0.0396. The van der Waals surface area contributed by atoms with Gasteiger partial charge in [0.15, 0.2) is 0 Å². The Hall–Kier alpha value is -1.92. The molecule has 1 aromatic carbocycles. The molecule has 0 spiro atoms. The molecule has 1 aliphatic heterocycles. The van der Waals surface area contributed by atoms with Gasteiger partial charge < -0.3 is 15.7 Å². The average Bonchev–Trinajstić information content (AvgIpc) is 2.93. The standard InChI is InChI=1S/C13H13F3N2O2/c14-13(15,16)11(20)18-5-8-4-12(8,6-18)7-1-2-10(19)9(17)3-7/h1-3,8,19H,4-6,17H2/t8-,12+/m0/s1. The van der Waals surface area contributed by atoms with Gasteiger partial charge in [0.1, 0.15) is 5.75 Å². The highest BCUT2D eigenvalue weighted by Crippen LogP contribution is 2.59. The molecule has 108 valence electrons. The summed E-state index contributed by atoms with van der Waals surface area (Å²) in [5.41, 5.74) is 6.18. The highest BCUT2D eigenvalue weighted by molar-refractivity contribution is 5.82. The van der Waals surface area contributed by atoms with E-state index in [0.29, 0.717) is 0 Å². The summed E-state index contributed by atoms with van der Waals surface area (Å²) < 4.78 is 37.3. The third kappa shape index (κ3) is 1.80. The molecule has 0 aromatic heterocycles. The molecule has 2 fully saturated rings. The number of halogens is 3. The molecule has 3 N–H and O–H groups in total.